The number of benzene rings is 1. The number of hydrogen-bond donors (Lipinski definition) is 0. The van der Waals surface area contributed by atoms with Crippen LogP contribution in [-0.4, -0.2) is 46.5 Å². The van der Waals surface area contributed by atoms with Gasteiger partial charge in [-0.3, -0.25) is 9.36 Å². The highest BCUT2D eigenvalue weighted by atomic mass is 79.9. The van der Waals surface area contributed by atoms with Crippen LogP contribution in [0.5, 0.6) is 5.75 Å². The highest BCUT2D eigenvalue weighted by Crippen LogP contribution is 2.41. The number of piperidine rings is 1. The number of hydrogen-bond acceptors (Lipinski definition) is 6. The van der Waals surface area contributed by atoms with E-state index in [2.05, 4.69) is 42.5 Å². The maximum absolute atomic E-state index is 12.7. The van der Waals surface area contributed by atoms with Crippen molar-refractivity contribution < 1.29 is 9.53 Å². The van der Waals surface area contributed by atoms with Crippen molar-refractivity contribution in [2.45, 2.75) is 43.8 Å². The monoisotopic (exact) mass is 464 g/mol. The molecule has 28 heavy (non-hydrogen) atoms. The molecule has 1 aliphatic heterocycles. The molecule has 2 aromatic rings. The van der Waals surface area contributed by atoms with Crippen LogP contribution in [0.3, 0.4) is 0 Å². The molecule has 1 saturated heterocycles. The molecule has 150 valence electrons. The van der Waals surface area contributed by atoms with Gasteiger partial charge in [-0.15, -0.1) is 10.2 Å². The van der Waals surface area contributed by atoms with Crippen LogP contribution in [0, 0.1) is 5.92 Å². The van der Waals surface area contributed by atoms with Crippen molar-refractivity contribution in [3.8, 4) is 5.75 Å². The molecule has 0 unspecified atom stereocenters. The molecule has 4 rings (SSSR count). The molecule has 1 aromatic carbocycles. The summed E-state index contributed by atoms with van der Waals surface area (Å²) in [5.74, 6) is 2.91. The standard InChI is InChI=1S/C20H25BrN4O2S/c1-13-7-9-24(10-8-13)19-22-23-20(25(19)15-4-5-15)28-12-17(26)14-3-6-18(27-2)16(21)11-14/h3,6,11,13,15H,4-5,7-10,12H2,1-2H3. The Balaban J connectivity index is 1.46. The third-order valence-corrected chi connectivity index (χ3v) is 6.99. The SMILES string of the molecule is COc1ccc(C(=O)CSc2nnc(N3CCC(C)CC3)n2C2CC2)cc1Br. The molecule has 0 bridgehead atoms. The van der Waals surface area contributed by atoms with Crippen LogP contribution in [0.2, 0.25) is 0 Å². The summed E-state index contributed by atoms with van der Waals surface area (Å²) < 4.78 is 8.28. The van der Waals surface area contributed by atoms with E-state index in [1.807, 2.05) is 12.1 Å². The van der Waals surface area contributed by atoms with Gasteiger partial charge < -0.3 is 9.64 Å². The van der Waals surface area contributed by atoms with Crippen LogP contribution in [0.15, 0.2) is 27.8 Å². The number of nitrogens with zero attached hydrogens (tertiary/aromatic N) is 4. The molecule has 0 radical (unpaired) electrons. The first-order valence-electron chi connectivity index (χ1n) is 9.76. The van der Waals surface area contributed by atoms with Crippen LogP contribution in [0.4, 0.5) is 5.95 Å². The van der Waals surface area contributed by atoms with Crippen molar-refractivity contribution in [3.63, 3.8) is 0 Å². The Morgan fingerprint density at radius 3 is 2.64 bits per heavy atom. The van der Waals surface area contributed by atoms with E-state index in [4.69, 9.17) is 4.74 Å². The summed E-state index contributed by atoms with van der Waals surface area (Å²) >= 11 is 4.93. The summed E-state index contributed by atoms with van der Waals surface area (Å²) in [6.07, 6.45) is 4.74. The number of carbonyl (C=O) groups is 1. The number of ketones is 1. The summed E-state index contributed by atoms with van der Waals surface area (Å²) in [5.41, 5.74) is 0.669. The number of methoxy groups -OCH3 is 1. The average molecular weight is 465 g/mol. The molecule has 2 heterocycles. The van der Waals surface area contributed by atoms with E-state index in [1.54, 1.807) is 13.2 Å². The van der Waals surface area contributed by atoms with E-state index >= 15 is 0 Å². The first-order valence-corrected chi connectivity index (χ1v) is 11.5. The molecule has 1 aliphatic carbocycles. The second-order valence-corrected chi connectivity index (χ2v) is 9.41. The van der Waals surface area contributed by atoms with E-state index in [-0.39, 0.29) is 5.78 Å². The molecule has 1 saturated carbocycles. The lowest BCUT2D eigenvalue weighted by Gasteiger charge is -2.31. The van der Waals surface area contributed by atoms with Gasteiger partial charge in [0.1, 0.15) is 5.75 Å². The Hall–Kier alpha value is -1.54. The summed E-state index contributed by atoms with van der Waals surface area (Å²) in [5, 5.41) is 9.79. The number of rotatable bonds is 7. The number of ether oxygens (including phenoxy) is 1. The third-order valence-electron chi connectivity index (χ3n) is 5.43. The van der Waals surface area contributed by atoms with Crippen molar-refractivity contribution in [2.75, 3.05) is 30.9 Å². The largest absolute Gasteiger partial charge is 0.496 e. The van der Waals surface area contributed by atoms with Crippen molar-refractivity contribution >= 4 is 39.4 Å². The molecule has 0 N–H and O–H groups in total. The number of anilines is 1. The van der Waals surface area contributed by atoms with Crippen LogP contribution >= 0.6 is 27.7 Å². The fourth-order valence-corrected chi connectivity index (χ4v) is 4.93. The molecular weight excluding hydrogens is 440 g/mol. The van der Waals surface area contributed by atoms with Crippen molar-refractivity contribution in [3.05, 3.63) is 28.2 Å². The van der Waals surface area contributed by atoms with Gasteiger partial charge in [0.15, 0.2) is 10.9 Å². The Morgan fingerprint density at radius 2 is 2.00 bits per heavy atom. The van der Waals surface area contributed by atoms with E-state index < -0.39 is 0 Å². The lowest BCUT2D eigenvalue weighted by atomic mass is 10.00. The van der Waals surface area contributed by atoms with Crippen LogP contribution in [0.25, 0.3) is 0 Å². The van der Waals surface area contributed by atoms with E-state index in [0.29, 0.717) is 17.4 Å². The van der Waals surface area contributed by atoms with Gasteiger partial charge in [0.2, 0.25) is 5.95 Å². The summed E-state index contributed by atoms with van der Waals surface area (Å²) in [7, 11) is 1.61. The van der Waals surface area contributed by atoms with Crippen LogP contribution in [0.1, 0.15) is 49.0 Å². The molecule has 1 aromatic heterocycles. The zero-order valence-electron chi connectivity index (χ0n) is 16.2. The summed E-state index contributed by atoms with van der Waals surface area (Å²) in [6, 6.07) is 5.91. The van der Waals surface area contributed by atoms with E-state index in [9.17, 15) is 4.79 Å². The summed E-state index contributed by atoms with van der Waals surface area (Å²) in [6.45, 7) is 4.39. The quantitative estimate of drug-likeness (QED) is 0.440. The Labute approximate surface area is 178 Å². The number of halogens is 1. The fourth-order valence-electron chi connectivity index (χ4n) is 3.50. The summed E-state index contributed by atoms with van der Waals surface area (Å²) in [4.78, 5) is 15.0. The number of carbonyl (C=O) groups excluding carboxylic acids is 1. The lowest BCUT2D eigenvalue weighted by Crippen LogP contribution is -2.34. The first-order chi connectivity index (χ1) is 13.6. The van der Waals surface area contributed by atoms with Gasteiger partial charge in [0.25, 0.3) is 0 Å². The van der Waals surface area contributed by atoms with Gasteiger partial charge in [0, 0.05) is 24.7 Å². The predicted molar refractivity (Wildman–Crippen MR) is 115 cm³/mol. The lowest BCUT2D eigenvalue weighted by molar-refractivity contribution is 0.102. The van der Waals surface area contributed by atoms with Gasteiger partial charge in [-0.05, 0) is 65.7 Å². The van der Waals surface area contributed by atoms with Gasteiger partial charge in [-0.1, -0.05) is 18.7 Å². The Bertz CT molecular complexity index is 860. The van der Waals surface area contributed by atoms with Gasteiger partial charge >= 0.3 is 0 Å². The first kappa shape index (κ1) is 19.8. The topological polar surface area (TPSA) is 60.2 Å². The minimum Gasteiger partial charge on any atom is -0.496 e. The molecule has 0 atom stereocenters. The minimum atomic E-state index is 0.0760. The highest BCUT2D eigenvalue weighted by molar-refractivity contribution is 9.10. The number of Topliss-reactive ketones (excluding diaryl/α,β-unsaturated/α-hetero) is 1. The smallest absolute Gasteiger partial charge is 0.228 e. The second-order valence-electron chi connectivity index (χ2n) is 7.61. The molecule has 0 spiro atoms. The van der Waals surface area contributed by atoms with E-state index in [1.165, 1.54) is 37.4 Å². The van der Waals surface area contributed by atoms with Gasteiger partial charge in [0.05, 0.1) is 17.3 Å². The Kier molecular flexibility index (Phi) is 5.96. The maximum atomic E-state index is 12.7. The Morgan fingerprint density at radius 1 is 1.25 bits per heavy atom. The zero-order valence-corrected chi connectivity index (χ0v) is 18.6. The van der Waals surface area contributed by atoms with Crippen LogP contribution < -0.4 is 9.64 Å². The molecule has 2 aliphatic rings. The number of aromatic nitrogens is 3. The molecule has 8 heteroatoms. The third kappa shape index (κ3) is 4.22. The average Bonchev–Trinajstić information content (AvgIpc) is 3.46. The minimum absolute atomic E-state index is 0.0760. The zero-order chi connectivity index (χ0) is 19.7. The highest BCUT2D eigenvalue weighted by Gasteiger charge is 2.32. The fraction of sp³-hybridized carbons (Fsp3) is 0.550. The molecule has 0 amide bonds. The van der Waals surface area contributed by atoms with Crippen molar-refractivity contribution in [2.24, 2.45) is 5.92 Å². The van der Waals surface area contributed by atoms with Crippen molar-refractivity contribution in [1.82, 2.24) is 14.8 Å². The van der Waals surface area contributed by atoms with E-state index in [0.717, 1.165) is 40.3 Å². The molecule has 6 nitrogen and oxygen atoms in total. The second kappa shape index (κ2) is 8.45. The predicted octanol–water partition coefficient (Wildman–Crippen LogP) is 4.60. The molecular formula is C20H25BrN4O2S. The van der Waals surface area contributed by atoms with Crippen molar-refractivity contribution in [1.29, 1.82) is 0 Å². The normalized spacial score (nSPS) is 17.8. The van der Waals surface area contributed by atoms with Gasteiger partial charge in [-0.25, -0.2) is 0 Å². The maximum Gasteiger partial charge on any atom is 0.228 e. The number of thioether (sulfide) groups is 1. The van der Waals surface area contributed by atoms with Gasteiger partial charge in [-0.2, -0.15) is 0 Å². The van der Waals surface area contributed by atoms with Crippen LogP contribution in [-0.2, 0) is 0 Å². The molecule has 2 fully saturated rings.